The summed E-state index contributed by atoms with van der Waals surface area (Å²) >= 11 is 0. The van der Waals surface area contributed by atoms with Gasteiger partial charge < -0.3 is 15.7 Å². The number of carbonyl (C=O) groups is 2. The molecule has 1 atom stereocenters. The summed E-state index contributed by atoms with van der Waals surface area (Å²) in [4.78, 5) is 23.2. The minimum atomic E-state index is -1.66. The fourth-order valence-corrected chi connectivity index (χ4v) is 2.60. The van der Waals surface area contributed by atoms with Crippen molar-refractivity contribution in [2.45, 2.75) is 31.8 Å². The second-order valence-electron chi connectivity index (χ2n) is 5.53. The summed E-state index contributed by atoms with van der Waals surface area (Å²) in [5.74, 6) is -6.72. The lowest BCUT2D eigenvalue weighted by Gasteiger charge is -2.17. The summed E-state index contributed by atoms with van der Waals surface area (Å²) in [5.41, 5.74) is -0.377. The molecule has 1 aliphatic rings. The van der Waals surface area contributed by atoms with Crippen molar-refractivity contribution in [3.63, 3.8) is 0 Å². The van der Waals surface area contributed by atoms with Crippen LogP contribution in [0.25, 0.3) is 0 Å². The summed E-state index contributed by atoms with van der Waals surface area (Å²) in [5, 5.41) is 14.1. The number of amides is 2. The van der Waals surface area contributed by atoms with Crippen LogP contribution in [0.5, 0.6) is 0 Å². The maximum Gasteiger partial charge on any atom is 0.313 e. The average Bonchev–Trinajstić information content (AvgIpc) is 3.04. The minimum absolute atomic E-state index is 0.0803. The topological polar surface area (TPSA) is 78.4 Å². The smallest absolute Gasteiger partial charge is 0.313 e. The third-order valence-corrected chi connectivity index (χ3v) is 3.86. The van der Waals surface area contributed by atoms with Crippen LogP contribution in [0.15, 0.2) is 12.1 Å². The van der Waals surface area contributed by atoms with Gasteiger partial charge in [-0.05, 0) is 18.8 Å². The number of aliphatic hydroxyl groups is 1. The first-order chi connectivity index (χ1) is 10.9. The highest BCUT2D eigenvalue weighted by molar-refractivity contribution is 6.39. The van der Waals surface area contributed by atoms with Crippen molar-refractivity contribution in [2.75, 3.05) is 11.9 Å². The molecule has 1 saturated carbocycles. The van der Waals surface area contributed by atoms with Crippen LogP contribution in [0, 0.1) is 23.4 Å². The number of carbonyl (C=O) groups excluding carboxylic acids is 2. The van der Waals surface area contributed by atoms with Crippen LogP contribution in [-0.2, 0) is 9.59 Å². The van der Waals surface area contributed by atoms with E-state index in [-0.39, 0.29) is 18.2 Å². The number of rotatable bonds is 4. The molecule has 0 heterocycles. The van der Waals surface area contributed by atoms with Gasteiger partial charge in [0.25, 0.3) is 0 Å². The Hall–Kier alpha value is -2.09. The zero-order valence-corrected chi connectivity index (χ0v) is 12.2. The van der Waals surface area contributed by atoms with E-state index in [4.69, 9.17) is 0 Å². The molecule has 5 nitrogen and oxygen atoms in total. The van der Waals surface area contributed by atoms with Crippen LogP contribution < -0.4 is 10.6 Å². The highest BCUT2D eigenvalue weighted by atomic mass is 19.2. The number of hydrogen-bond acceptors (Lipinski definition) is 3. The Morgan fingerprint density at radius 3 is 2.26 bits per heavy atom. The lowest BCUT2D eigenvalue weighted by molar-refractivity contribution is -0.136. The van der Waals surface area contributed by atoms with E-state index in [0.717, 1.165) is 25.7 Å². The molecule has 0 spiro atoms. The normalized spacial score (nSPS) is 16.2. The van der Waals surface area contributed by atoms with Crippen LogP contribution in [0.4, 0.5) is 18.9 Å². The Bertz CT molecular complexity index is 581. The molecule has 1 aromatic rings. The standard InChI is InChI=1S/C15H17F3N2O3/c16-10-5-9(6-11(17)13(10)18)20-15(23)14(22)19-7-12(21)8-3-1-2-4-8/h5-6,8,12,21H,1-4,7H2,(H,19,22)(H,20,23). The van der Waals surface area contributed by atoms with Crippen molar-refractivity contribution < 1.29 is 27.9 Å². The van der Waals surface area contributed by atoms with Gasteiger partial charge in [-0.2, -0.15) is 0 Å². The zero-order chi connectivity index (χ0) is 17.0. The lowest BCUT2D eigenvalue weighted by atomic mass is 10.0. The van der Waals surface area contributed by atoms with E-state index in [1.807, 2.05) is 5.32 Å². The number of nitrogens with one attached hydrogen (secondary N) is 2. The van der Waals surface area contributed by atoms with Crippen LogP contribution in [0.1, 0.15) is 25.7 Å². The summed E-state index contributed by atoms with van der Waals surface area (Å²) in [6.45, 7) is -0.0803. The first-order valence-electron chi connectivity index (χ1n) is 7.30. The molecular formula is C15H17F3N2O3. The van der Waals surface area contributed by atoms with E-state index in [0.29, 0.717) is 12.1 Å². The first kappa shape index (κ1) is 17.3. The van der Waals surface area contributed by atoms with Crippen molar-refractivity contribution in [3.8, 4) is 0 Å². The van der Waals surface area contributed by atoms with Crippen molar-refractivity contribution in [1.29, 1.82) is 0 Å². The van der Waals surface area contributed by atoms with E-state index in [9.17, 15) is 27.9 Å². The first-order valence-corrected chi connectivity index (χ1v) is 7.30. The van der Waals surface area contributed by atoms with Gasteiger partial charge in [0.15, 0.2) is 17.5 Å². The second kappa shape index (κ2) is 7.45. The number of benzene rings is 1. The number of hydrogen-bond donors (Lipinski definition) is 3. The molecule has 2 amide bonds. The SMILES string of the molecule is O=C(NCC(O)C1CCCC1)C(=O)Nc1cc(F)c(F)c(F)c1. The molecule has 0 bridgehead atoms. The molecule has 2 rings (SSSR count). The molecule has 0 radical (unpaired) electrons. The van der Waals surface area contributed by atoms with Gasteiger partial charge in [0, 0.05) is 24.4 Å². The van der Waals surface area contributed by atoms with Crippen LogP contribution in [0.2, 0.25) is 0 Å². The molecule has 0 aromatic heterocycles. The second-order valence-corrected chi connectivity index (χ2v) is 5.53. The Morgan fingerprint density at radius 1 is 1.13 bits per heavy atom. The van der Waals surface area contributed by atoms with Crippen LogP contribution >= 0.6 is 0 Å². The molecular weight excluding hydrogens is 313 g/mol. The third-order valence-electron chi connectivity index (χ3n) is 3.86. The predicted molar refractivity (Wildman–Crippen MR) is 75.9 cm³/mol. The van der Waals surface area contributed by atoms with Gasteiger partial charge in [-0.1, -0.05) is 12.8 Å². The predicted octanol–water partition coefficient (Wildman–Crippen LogP) is 1.71. The Labute approximate surface area is 130 Å². The van der Waals surface area contributed by atoms with Crippen LogP contribution in [0.3, 0.4) is 0 Å². The molecule has 3 N–H and O–H groups in total. The van der Waals surface area contributed by atoms with Crippen molar-refractivity contribution in [2.24, 2.45) is 5.92 Å². The average molecular weight is 330 g/mol. The van der Waals surface area contributed by atoms with Crippen molar-refractivity contribution in [3.05, 3.63) is 29.6 Å². The molecule has 0 saturated heterocycles. The van der Waals surface area contributed by atoms with E-state index in [1.54, 1.807) is 0 Å². The fraction of sp³-hybridized carbons (Fsp3) is 0.467. The molecule has 23 heavy (non-hydrogen) atoms. The molecule has 1 aromatic carbocycles. The Kier molecular flexibility index (Phi) is 5.59. The molecule has 0 aliphatic heterocycles. The minimum Gasteiger partial charge on any atom is -0.391 e. The quantitative estimate of drug-likeness (QED) is 0.581. The number of halogens is 3. The number of aliphatic hydroxyl groups excluding tert-OH is 1. The van der Waals surface area contributed by atoms with Gasteiger partial charge in [0.2, 0.25) is 0 Å². The van der Waals surface area contributed by atoms with Gasteiger partial charge in [-0.15, -0.1) is 0 Å². The lowest BCUT2D eigenvalue weighted by Crippen LogP contribution is -2.41. The number of anilines is 1. The summed E-state index contributed by atoms with van der Waals surface area (Å²) in [7, 11) is 0. The highest BCUT2D eigenvalue weighted by Gasteiger charge is 2.24. The Morgan fingerprint density at radius 2 is 1.70 bits per heavy atom. The van der Waals surface area contributed by atoms with Crippen molar-refractivity contribution in [1.82, 2.24) is 5.32 Å². The third kappa shape index (κ3) is 4.44. The summed E-state index contributed by atoms with van der Waals surface area (Å²) < 4.78 is 38.8. The molecule has 8 heteroatoms. The monoisotopic (exact) mass is 330 g/mol. The summed E-state index contributed by atoms with van der Waals surface area (Å²) in [6, 6.07) is 1.13. The highest BCUT2D eigenvalue weighted by Crippen LogP contribution is 2.27. The maximum absolute atomic E-state index is 13.0. The van der Waals surface area contributed by atoms with Gasteiger partial charge in [0.05, 0.1) is 6.10 Å². The van der Waals surface area contributed by atoms with E-state index < -0.39 is 35.4 Å². The van der Waals surface area contributed by atoms with E-state index >= 15 is 0 Å². The molecule has 1 fully saturated rings. The summed E-state index contributed by atoms with van der Waals surface area (Å²) in [6.07, 6.45) is 3.06. The van der Waals surface area contributed by atoms with Gasteiger partial charge >= 0.3 is 11.8 Å². The fourth-order valence-electron chi connectivity index (χ4n) is 2.60. The van der Waals surface area contributed by atoms with Gasteiger partial charge in [0.1, 0.15) is 0 Å². The van der Waals surface area contributed by atoms with Gasteiger partial charge in [-0.3, -0.25) is 9.59 Å². The maximum atomic E-state index is 13.0. The molecule has 1 aliphatic carbocycles. The van der Waals surface area contributed by atoms with Crippen molar-refractivity contribution >= 4 is 17.5 Å². The zero-order valence-electron chi connectivity index (χ0n) is 12.2. The van der Waals surface area contributed by atoms with Gasteiger partial charge in [-0.25, -0.2) is 13.2 Å². The molecule has 126 valence electrons. The van der Waals surface area contributed by atoms with E-state index in [2.05, 4.69) is 5.32 Å². The van der Waals surface area contributed by atoms with E-state index in [1.165, 1.54) is 0 Å². The Balaban J connectivity index is 1.86. The van der Waals surface area contributed by atoms with Crippen LogP contribution in [-0.4, -0.2) is 29.6 Å². The molecule has 1 unspecified atom stereocenters. The largest absolute Gasteiger partial charge is 0.391 e.